The summed E-state index contributed by atoms with van der Waals surface area (Å²) in [6, 6.07) is 7.25. The van der Waals surface area contributed by atoms with E-state index in [1.807, 2.05) is 19.2 Å². The van der Waals surface area contributed by atoms with Crippen molar-refractivity contribution in [2.24, 2.45) is 0 Å². The van der Waals surface area contributed by atoms with Crippen molar-refractivity contribution in [3.05, 3.63) is 35.6 Å². The third-order valence-electron chi connectivity index (χ3n) is 2.80. The molecule has 16 heavy (non-hydrogen) atoms. The van der Waals surface area contributed by atoms with E-state index in [2.05, 4.69) is 24.2 Å². The third kappa shape index (κ3) is 4.73. The number of hydrogen-bond acceptors (Lipinski definition) is 2. The molecule has 0 spiro atoms. The average Bonchev–Trinajstić information content (AvgIpc) is 2.29. The highest BCUT2D eigenvalue weighted by molar-refractivity contribution is 5.15. The van der Waals surface area contributed by atoms with Gasteiger partial charge in [0.1, 0.15) is 5.82 Å². The fraction of sp³-hybridized carbons (Fsp3) is 0.538. The van der Waals surface area contributed by atoms with Gasteiger partial charge in [-0.3, -0.25) is 0 Å². The van der Waals surface area contributed by atoms with Gasteiger partial charge in [0.2, 0.25) is 0 Å². The standard InChI is InChI=1S/C13H21FN2/c1-11(15-2)8-9-16(3)10-12-4-6-13(14)7-5-12/h4-7,11,15H,8-10H2,1-3H3. The minimum absolute atomic E-state index is 0.171. The number of benzene rings is 1. The minimum Gasteiger partial charge on any atom is -0.317 e. The highest BCUT2D eigenvalue weighted by Crippen LogP contribution is 2.06. The van der Waals surface area contributed by atoms with Gasteiger partial charge in [-0.15, -0.1) is 0 Å². The van der Waals surface area contributed by atoms with Crippen LogP contribution in [0.25, 0.3) is 0 Å². The number of nitrogens with zero attached hydrogens (tertiary/aromatic N) is 1. The Morgan fingerprint density at radius 3 is 2.50 bits per heavy atom. The lowest BCUT2D eigenvalue weighted by Gasteiger charge is -2.19. The summed E-state index contributed by atoms with van der Waals surface area (Å²) >= 11 is 0. The monoisotopic (exact) mass is 224 g/mol. The van der Waals surface area contributed by atoms with Crippen LogP contribution in [0.15, 0.2) is 24.3 Å². The van der Waals surface area contributed by atoms with Gasteiger partial charge in [0.15, 0.2) is 0 Å². The highest BCUT2D eigenvalue weighted by Gasteiger charge is 2.03. The van der Waals surface area contributed by atoms with Crippen molar-refractivity contribution in [1.29, 1.82) is 0 Å². The van der Waals surface area contributed by atoms with E-state index in [1.165, 1.54) is 12.1 Å². The molecule has 0 radical (unpaired) electrons. The maximum absolute atomic E-state index is 12.7. The third-order valence-corrected chi connectivity index (χ3v) is 2.80. The molecule has 90 valence electrons. The van der Waals surface area contributed by atoms with Crippen LogP contribution in [-0.4, -0.2) is 31.6 Å². The summed E-state index contributed by atoms with van der Waals surface area (Å²) in [6.07, 6.45) is 1.12. The first-order chi connectivity index (χ1) is 7.61. The number of rotatable bonds is 6. The van der Waals surface area contributed by atoms with Crippen molar-refractivity contribution >= 4 is 0 Å². The second-order valence-corrected chi connectivity index (χ2v) is 4.34. The van der Waals surface area contributed by atoms with E-state index in [1.54, 1.807) is 0 Å². The van der Waals surface area contributed by atoms with Gasteiger partial charge in [-0.25, -0.2) is 4.39 Å². The van der Waals surface area contributed by atoms with Crippen LogP contribution in [-0.2, 0) is 6.54 Å². The van der Waals surface area contributed by atoms with E-state index in [0.29, 0.717) is 6.04 Å². The Kier molecular flexibility index (Phi) is 5.43. The minimum atomic E-state index is -0.171. The van der Waals surface area contributed by atoms with Crippen LogP contribution in [0.3, 0.4) is 0 Å². The lowest BCUT2D eigenvalue weighted by molar-refractivity contribution is 0.307. The Morgan fingerprint density at radius 1 is 1.31 bits per heavy atom. The average molecular weight is 224 g/mol. The molecule has 1 atom stereocenters. The zero-order valence-electron chi connectivity index (χ0n) is 10.3. The van der Waals surface area contributed by atoms with Gasteiger partial charge in [0.05, 0.1) is 0 Å². The molecule has 1 rings (SSSR count). The van der Waals surface area contributed by atoms with Gasteiger partial charge in [-0.05, 0) is 51.7 Å². The number of hydrogen-bond donors (Lipinski definition) is 1. The predicted molar refractivity (Wildman–Crippen MR) is 65.9 cm³/mol. The van der Waals surface area contributed by atoms with Crippen LogP contribution < -0.4 is 5.32 Å². The van der Waals surface area contributed by atoms with Gasteiger partial charge in [-0.2, -0.15) is 0 Å². The quantitative estimate of drug-likeness (QED) is 0.797. The summed E-state index contributed by atoms with van der Waals surface area (Å²) in [5, 5.41) is 3.22. The van der Waals surface area contributed by atoms with E-state index in [-0.39, 0.29) is 5.82 Å². The van der Waals surface area contributed by atoms with Gasteiger partial charge in [0.25, 0.3) is 0 Å². The zero-order valence-corrected chi connectivity index (χ0v) is 10.3. The summed E-state index contributed by atoms with van der Waals surface area (Å²) < 4.78 is 12.7. The van der Waals surface area contributed by atoms with Gasteiger partial charge < -0.3 is 10.2 Å². The normalized spacial score (nSPS) is 13.1. The molecule has 3 heteroatoms. The molecule has 2 nitrogen and oxygen atoms in total. The van der Waals surface area contributed by atoms with Crippen molar-refractivity contribution in [3.63, 3.8) is 0 Å². The zero-order chi connectivity index (χ0) is 12.0. The van der Waals surface area contributed by atoms with Crippen LogP contribution in [0, 0.1) is 5.82 Å². The summed E-state index contributed by atoms with van der Waals surface area (Å²) in [5.41, 5.74) is 1.15. The summed E-state index contributed by atoms with van der Waals surface area (Å²) in [6.45, 7) is 4.09. The van der Waals surface area contributed by atoms with E-state index in [4.69, 9.17) is 0 Å². The second-order valence-electron chi connectivity index (χ2n) is 4.34. The molecule has 1 N–H and O–H groups in total. The molecule has 0 aliphatic carbocycles. The number of nitrogens with one attached hydrogen (secondary N) is 1. The summed E-state index contributed by atoms with van der Waals surface area (Å²) in [5.74, 6) is -0.171. The van der Waals surface area contributed by atoms with Crippen LogP contribution in [0.4, 0.5) is 4.39 Å². The summed E-state index contributed by atoms with van der Waals surface area (Å²) in [4.78, 5) is 2.25. The number of halogens is 1. The van der Waals surface area contributed by atoms with Crippen LogP contribution >= 0.6 is 0 Å². The van der Waals surface area contributed by atoms with Crippen molar-refractivity contribution in [2.75, 3.05) is 20.6 Å². The molecule has 0 saturated heterocycles. The molecule has 1 aromatic carbocycles. The molecule has 0 aliphatic rings. The maximum Gasteiger partial charge on any atom is 0.123 e. The first kappa shape index (κ1) is 13.1. The van der Waals surface area contributed by atoms with Crippen molar-refractivity contribution in [2.45, 2.75) is 25.9 Å². The summed E-state index contributed by atoms with van der Waals surface area (Å²) in [7, 11) is 4.07. The van der Waals surface area contributed by atoms with Crippen LogP contribution in [0.5, 0.6) is 0 Å². The lowest BCUT2D eigenvalue weighted by Crippen LogP contribution is -2.28. The van der Waals surface area contributed by atoms with E-state index in [9.17, 15) is 4.39 Å². The fourth-order valence-corrected chi connectivity index (χ4v) is 1.54. The Morgan fingerprint density at radius 2 is 1.94 bits per heavy atom. The van der Waals surface area contributed by atoms with Gasteiger partial charge in [0, 0.05) is 12.6 Å². The molecule has 0 heterocycles. The second kappa shape index (κ2) is 6.61. The van der Waals surface area contributed by atoms with E-state index >= 15 is 0 Å². The SMILES string of the molecule is CNC(C)CCN(C)Cc1ccc(F)cc1. The van der Waals surface area contributed by atoms with Crippen molar-refractivity contribution < 1.29 is 4.39 Å². The first-order valence-corrected chi connectivity index (χ1v) is 5.72. The Labute approximate surface area is 97.5 Å². The van der Waals surface area contributed by atoms with Gasteiger partial charge >= 0.3 is 0 Å². The highest BCUT2D eigenvalue weighted by atomic mass is 19.1. The smallest absolute Gasteiger partial charge is 0.123 e. The molecule has 0 aliphatic heterocycles. The van der Waals surface area contributed by atoms with Gasteiger partial charge in [-0.1, -0.05) is 12.1 Å². The molecular weight excluding hydrogens is 203 g/mol. The largest absolute Gasteiger partial charge is 0.317 e. The molecule has 0 aromatic heterocycles. The molecule has 0 amide bonds. The Bertz CT molecular complexity index is 297. The van der Waals surface area contributed by atoms with E-state index in [0.717, 1.165) is 25.1 Å². The van der Waals surface area contributed by atoms with E-state index < -0.39 is 0 Å². The Balaban J connectivity index is 2.33. The molecule has 1 unspecified atom stereocenters. The molecule has 0 fully saturated rings. The molecule has 0 bridgehead atoms. The lowest BCUT2D eigenvalue weighted by atomic mass is 10.2. The fourth-order valence-electron chi connectivity index (χ4n) is 1.54. The Hall–Kier alpha value is -0.930. The van der Waals surface area contributed by atoms with Crippen LogP contribution in [0.1, 0.15) is 18.9 Å². The van der Waals surface area contributed by atoms with Crippen molar-refractivity contribution in [3.8, 4) is 0 Å². The van der Waals surface area contributed by atoms with Crippen molar-refractivity contribution in [1.82, 2.24) is 10.2 Å². The first-order valence-electron chi connectivity index (χ1n) is 5.72. The molecule has 1 aromatic rings. The molecule has 0 saturated carbocycles. The van der Waals surface area contributed by atoms with Crippen LogP contribution in [0.2, 0.25) is 0 Å². The molecular formula is C13H21FN2. The predicted octanol–water partition coefficient (Wildman–Crippen LogP) is 2.26. The topological polar surface area (TPSA) is 15.3 Å². The maximum atomic E-state index is 12.7.